The van der Waals surface area contributed by atoms with Gasteiger partial charge in [0.1, 0.15) is 0 Å². The molecule has 2 aromatic rings. The van der Waals surface area contributed by atoms with Crippen LogP contribution in [0.15, 0.2) is 47.4 Å². The molecule has 2 aliphatic rings. The van der Waals surface area contributed by atoms with E-state index in [1.807, 2.05) is 0 Å². The van der Waals surface area contributed by atoms with Gasteiger partial charge in [-0.25, -0.2) is 0 Å². The predicted molar refractivity (Wildman–Crippen MR) is 101 cm³/mol. The number of thioether (sulfide) groups is 1. The van der Waals surface area contributed by atoms with Gasteiger partial charge in [0.05, 0.1) is 21.1 Å². The van der Waals surface area contributed by atoms with E-state index in [0.717, 1.165) is 11.8 Å². The maximum absolute atomic E-state index is 12.8. The number of benzene rings is 2. The molecule has 0 saturated carbocycles. The molecule has 0 radical (unpaired) electrons. The van der Waals surface area contributed by atoms with Crippen LogP contribution < -0.4 is 14.4 Å². The van der Waals surface area contributed by atoms with Gasteiger partial charge in [-0.2, -0.15) is 0 Å². The molecule has 130 valence electrons. The van der Waals surface area contributed by atoms with Gasteiger partial charge in [0.15, 0.2) is 15.8 Å². The largest absolute Gasteiger partial charge is 0.454 e. The number of nitrogens with zero attached hydrogens (tertiary/aromatic N) is 2. The Hall–Kier alpha value is -2.91. The molecule has 1 fully saturated rings. The minimum atomic E-state index is -0.482. The summed E-state index contributed by atoms with van der Waals surface area (Å²) < 4.78 is 10.9. The average molecular weight is 386 g/mol. The first-order valence-corrected chi connectivity index (χ1v) is 8.68. The van der Waals surface area contributed by atoms with Gasteiger partial charge in [-0.3, -0.25) is 19.8 Å². The number of carbonyl (C=O) groups is 1. The average Bonchev–Trinajstić information content (AvgIpc) is 3.19. The lowest BCUT2D eigenvalue weighted by molar-refractivity contribution is -0.385. The highest BCUT2D eigenvalue weighted by atomic mass is 32.2. The van der Waals surface area contributed by atoms with Crippen molar-refractivity contribution in [3.8, 4) is 11.5 Å². The predicted octanol–water partition coefficient (Wildman–Crippen LogP) is 3.73. The summed E-state index contributed by atoms with van der Waals surface area (Å²) in [5.74, 6) is 0.811. The van der Waals surface area contributed by atoms with Crippen molar-refractivity contribution in [2.45, 2.75) is 0 Å². The summed E-state index contributed by atoms with van der Waals surface area (Å²) >= 11 is 6.43. The van der Waals surface area contributed by atoms with Crippen LogP contribution in [0.2, 0.25) is 0 Å². The van der Waals surface area contributed by atoms with Gasteiger partial charge in [-0.05, 0) is 24.3 Å². The Labute approximate surface area is 157 Å². The van der Waals surface area contributed by atoms with E-state index in [9.17, 15) is 14.9 Å². The van der Waals surface area contributed by atoms with Crippen LogP contribution in [0.1, 0.15) is 5.56 Å². The number of para-hydroxylation sites is 1. The van der Waals surface area contributed by atoms with Crippen molar-refractivity contribution in [2.24, 2.45) is 0 Å². The van der Waals surface area contributed by atoms with E-state index < -0.39 is 4.92 Å². The number of hydrogen-bond donors (Lipinski definition) is 0. The summed E-state index contributed by atoms with van der Waals surface area (Å²) in [6.45, 7) is 0.134. The summed E-state index contributed by atoms with van der Waals surface area (Å²) in [6, 6.07) is 11.3. The van der Waals surface area contributed by atoms with Crippen LogP contribution in [0.5, 0.6) is 11.5 Å². The lowest BCUT2D eigenvalue weighted by Crippen LogP contribution is -2.27. The van der Waals surface area contributed by atoms with Gasteiger partial charge in [0.2, 0.25) is 6.79 Å². The zero-order chi connectivity index (χ0) is 18.3. The molecule has 0 atom stereocenters. The number of rotatable bonds is 3. The molecule has 0 unspecified atom stereocenters. The second-order valence-corrected chi connectivity index (χ2v) is 7.05. The van der Waals surface area contributed by atoms with E-state index in [1.54, 1.807) is 36.4 Å². The summed E-state index contributed by atoms with van der Waals surface area (Å²) in [7, 11) is 0. The van der Waals surface area contributed by atoms with Crippen LogP contribution in [0.4, 0.5) is 11.4 Å². The van der Waals surface area contributed by atoms with E-state index in [0.29, 0.717) is 32.0 Å². The molecule has 26 heavy (non-hydrogen) atoms. The SMILES string of the molecule is O=C1/C(=C\c2ccccc2[N+](=O)[O-])SC(=S)N1c1ccc2c(c1)OCO2. The summed E-state index contributed by atoms with van der Waals surface area (Å²) in [5, 5.41) is 11.2. The molecule has 0 bridgehead atoms. The minimum absolute atomic E-state index is 0.0687. The van der Waals surface area contributed by atoms with Crippen LogP contribution in [0.3, 0.4) is 0 Å². The fraction of sp³-hybridized carbons (Fsp3) is 0.0588. The second kappa shape index (κ2) is 6.43. The normalized spacial score (nSPS) is 17.2. The maximum Gasteiger partial charge on any atom is 0.276 e. The van der Waals surface area contributed by atoms with Crippen molar-refractivity contribution in [1.29, 1.82) is 0 Å². The van der Waals surface area contributed by atoms with E-state index in [2.05, 4.69) is 0 Å². The van der Waals surface area contributed by atoms with Crippen molar-refractivity contribution in [2.75, 3.05) is 11.7 Å². The Kier molecular flexibility index (Phi) is 4.09. The van der Waals surface area contributed by atoms with Gasteiger partial charge in [0.25, 0.3) is 11.6 Å². The fourth-order valence-electron chi connectivity index (χ4n) is 2.63. The van der Waals surface area contributed by atoms with Crippen molar-refractivity contribution in [3.05, 3.63) is 63.0 Å². The highest BCUT2D eigenvalue weighted by Crippen LogP contribution is 2.41. The summed E-state index contributed by atoms with van der Waals surface area (Å²) in [5.41, 5.74) is 0.840. The molecule has 1 amide bonds. The number of nitro benzene ring substituents is 1. The first-order valence-electron chi connectivity index (χ1n) is 7.45. The Bertz CT molecular complexity index is 989. The van der Waals surface area contributed by atoms with Crippen molar-refractivity contribution in [3.63, 3.8) is 0 Å². The molecule has 1 saturated heterocycles. The Morgan fingerprint density at radius 3 is 2.77 bits per heavy atom. The van der Waals surface area contributed by atoms with Crippen LogP contribution in [-0.2, 0) is 4.79 Å². The number of anilines is 1. The first-order chi connectivity index (χ1) is 12.5. The number of amides is 1. The summed E-state index contributed by atoms with van der Waals surface area (Å²) in [6.07, 6.45) is 1.49. The topological polar surface area (TPSA) is 81.9 Å². The molecule has 2 heterocycles. The maximum atomic E-state index is 12.8. The quantitative estimate of drug-likeness (QED) is 0.344. The Balaban J connectivity index is 1.69. The van der Waals surface area contributed by atoms with Gasteiger partial charge in [0, 0.05) is 12.1 Å². The molecule has 0 aromatic heterocycles. The number of carbonyl (C=O) groups excluding carboxylic acids is 1. The molecule has 0 aliphatic carbocycles. The molecule has 0 N–H and O–H groups in total. The first kappa shape index (κ1) is 16.6. The number of thiocarbonyl (C=S) groups is 1. The number of nitro groups is 1. The van der Waals surface area contributed by atoms with Crippen molar-refractivity contribution in [1.82, 2.24) is 0 Å². The zero-order valence-electron chi connectivity index (χ0n) is 13.1. The third-order valence-corrected chi connectivity index (χ3v) is 5.13. The Morgan fingerprint density at radius 2 is 1.96 bits per heavy atom. The third-order valence-electron chi connectivity index (χ3n) is 3.83. The summed E-state index contributed by atoms with van der Waals surface area (Å²) in [4.78, 5) is 25.2. The van der Waals surface area contributed by atoms with Gasteiger partial charge >= 0.3 is 0 Å². The second-order valence-electron chi connectivity index (χ2n) is 5.37. The molecule has 2 aromatic carbocycles. The molecule has 9 heteroatoms. The van der Waals surface area contributed by atoms with Crippen LogP contribution in [0, 0.1) is 10.1 Å². The van der Waals surface area contributed by atoms with Crippen LogP contribution >= 0.6 is 24.0 Å². The number of hydrogen-bond acceptors (Lipinski definition) is 7. The third kappa shape index (κ3) is 2.80. The molecule has 4 rings (SSSR count). The Morgan fingerprint density at radius 1 is 1.19 bits per heavy atom. The highest BCUT2D eigenvalue weighted by molar-refractivity contribution is 8.27. The standard InChI is InChI=1S/C17H10N2O5S2/c20-16-15(7-10-3-1-2-4-12(10)19(21)22)26-17(25)18(16)11-5-6-13-14(8-11)24-9-23-13/h1-8H,9H2/b15-7+. The van der Waals surface area contributed by atoms with Gasteiger partial charge in [-0.1, -0.05) is 36.1 Å². The molecule has 7 nitrogen and oxygen atoms in total. The molecular weight excluding hydrogens is 376 g/mol. The minimum Gasteiger partial charge on any atom is -0.454 e. The highest BCUT2D eigenvalue weighted by Gasteiger charge is 2.34. The van der Waals surface area contributed by atoms with E-state index in [-0.39, 0.29) is 18.4 Å². The number of ether oxygens (including phenoxy) is 2. The van der Waals surface area contributed by atoms with E-state index in [1.165, 1.54) is 17.0 Å². The molecule has 2 aliphatic heterocycles. The lowest BCUT2D eigenvalue weighted by Gasteiger charge is -2.14. The smallest absolute Gasteiger partial charge is 0.276 e. The zero-order valence-corrected chi connectivity index (χ0v) is 14.7. The van der Waals surface area contributed by atoms with Crippen molar-refractivity contribution < 1.29 is 19.2 Å². The van der Waals surface area contributed by atoms with Gasteiger partial charge < -0.3 is 9.47 Å². The van der Waals surface area contributed by atoms with Crippen LogP contribution in [0.25, 0.3) is 6.08 Å². The lowest BCUT2D eigenvalue weighted by atomic mass is 10.1. The monoisotopic (exact) mass is 386 g/mol. The van der Waals surface area contributed by atoms with Crippen molar-refractivity contribution >= 4 is 51.7 Å². The molecule has 0 spiro atoms. The van der Waals surface area contributed by atoms with Crippen LogP contribution in [-0.4, -0.2) is 21.9 Å². The fourth-order valence-corrected chi connectivity index (χ4v) is 3.92. The van der Waals surface area contributed by atoms with E-state index >= 15 is 0 Å². The van der Waals surface area contributed by atoms with Gasteiger partial charge in [-0.15, -0.1) is 0 Å². The van der Waals surface area contributed by atoms with E-state index in [4.69, 9.17) is 21.7 Å². The number of fused-ring (bicyclic) bond motifs is 1. The molecular formula is C17H10N2O5S2.